The molecule has 1 amide bonds. The van der Waals surface area contributed by atoms with Crippen molar-refractivity contribution >= 4 is 29.3 Å². The highest BCUT2D eigenvalue weighted by Gasteiger charge is 2.23. The van der Waals surface area contributed by atoms with Gasteiger partial charge in [0.05, 0.1) is 12.3 Å². The van der Waals surface area contributed by atoms with Gasteiger partial charge in [0.25, 0.3) is 0 Å². The van der Waals surface area contributed by atoms with E-state index in [0.29, 0.717) is 29.6 Å². The van der Waals surface area contributed by atoms with Crippen molar-refractivity contribution in [2.24, 2.45) is 0 Å². The fourth-order valence-electron chi connectivity index (χ4n) is 1.99. The van der Waals surface area contributed by atoms with Crippen molar-refractivity contribution in [2.45, 2.75) is 37.6 Å². The number of ether oxygens (including phenoxy) is 1. The summed E-state index contributed by atoms with van der Waals surface area (Å²) in [4.78, 5) is 23.1. The van der Waals surface area contributed by atoms with E-state index in [9.17, 15) is 9.59 Å². The van der Waals surface area contributed by atoms with Crippen molar-refractivity contribution in [2.75, 3.05) is 11.9 Å². The maximum absolute atomic E-state index is 12.0. The van der Waals surface area contributed by atoms with Crippen molar-refractivity contribution in [1.29, 1.82) is 0 Å². The van der Waals surface area contributed by atoms with Gasteiger partial charge in [-0.25, -0.2) is 0 Å². The minimum atomic E-state index is -0.381. The minimum absolute atomic E-state index is 0.160. The van der Waals surface area contributed by atoms with Gasteiger partial charge in [-0.1, -0.05) is 24.8 Å². The van der Waals surface area contributed by atoms with Crippen LogP contribution >= 0.6 is 11.8 Å². The Morgan fingerprint density at radius 2 is 2.17 bits per heavy atom. The fraction of sp³-hybridized carbons (Fsp3) is 0.400. The second kappa shape index (κ2) is 8.44. The van der Waals surface area contributed by atoms with Gasteiger partial charge in [0.2, 0.25) is 11.1 Å². The van der Waals surface area contributed by atoms with Crippen molar-refractivity contribution in [3.63, 3.8) is 0 Å². The number of esters is 1. The third kappa shape index (κ3) is 4.54. The summed E-state index contributed by atoms with van der Waals surface area (Å²) in [7, 11) is 0. The van der Waals surface area contributed by atoms with E-state index in [-0.39, 0.29) is 17.1 Å². The maximum Gasteiger partial charge on any atom is 0.319 e. The molecule has 1 unspecified atom stereocenters. The summed E-state index contributed by atoms with van der Waals surface area (Å²) in [5, 5.41) is 14.4. The Morgan fingerprint density at radius 1 is 1.38 bits per heavy atom. The maximum atomic E-state index is 12.0. The number of nitrogens with one attached hydrogen (secondary N) is 1. The normalized spacial score (nSPS) is 11.8. The molecular formula is C15H19N5O3S. The first-order valence-corrected chi connectivity index (χ1v) is 8.42. The van der Waals surface area contributed by atoms with Crippen LogP contribution in [-0.4, -0.2) is 43.9 Å². The summed E-state index contributed by atoms with van der Waals surface area (Å²) in [6.07, 6.45) is 0.599. The average molecular weight is 349 g/mol. The van der Waals surface area contributed by atoms with Crippen LogP contribution < -0.4 is 5.32 Å². The molecule has 1 N–H and O–H groups in total. The number of aromatic nitrogens is 4. The smallest absolute Gasteiger partial charge is 0.319 e. The van der Waals surface area contributed by atoms with Gasteiger partial charge in [-0.05, 0) is 42.0 Å². The first-order valence-electron chi connectivity index (χ1n) is 7.54. The zero-order valence-electron chi connectivity index (χ0n) is 13.7. The summed E-state index contributed by atoms with van der Waals surface area (Å²) < 4.78 is 6.59. The molecule has 0 bridgehead atoms. The molecule has 1 aromatic carbocycles. The largest absolute Gasteiger partial charge is 0.465 e. The van der Waals surface area contributed by atoms with Crippen LogP contribution in [0.15, 0.2) is 29.4 Å². The Morgan fingerprint density at radius 3 is 2.83 bits per heavy atom. The monoisotopic (exact) mass is 349 g/mol. The number of nitrogens with zero attached hydrogens (tertiary/aromatic N) is 4. The standard InChI is InChI=1S/C15H19N5O3S/c1-4-13(14(22)23-5-2)24-15-17-18-19-20(15)12-8-6-7-11(9-12)16-10(3)21/h6-9,13H,4-5H2,1-3H3,(H,16,21). The molecule has 0 saturated heterocycles. The van der Waals surface area contributed by atoms with Crippen LogP contribution in [0.25, 0.3) is 5.69 Å². The number of benzene rings is 1. The van der Waals surface area contributed by atoms with Crippen LogP contribution in [0.1, 0.15) is 27.2 Å². The lowest BCUT2D eigenvalue weighted by atomic mass is 10.3. The summed E-state index contributed by atoms with van der Waals surface area (Å²) in [5.74, 6) is -0.446. The Labute approximate surface area is 144 Å². The molecule has 0 fully saturated rings. The zero-order chi connectivity index (χ0) is 17.5. The molecule has 0 spiro atoms. The van der Waals surface area contributed by atoms with Crippen LogP contribution in [0.4, 0.5) is 5.69 Å². The average Bonchev–Trinajstić information content (AvgIpc) is 3.00. The number of amides is 1. The quantitative estimate of drug-likeness (QED) is 0.603. The molecule has 9 heteroatoms. The van der Waals surface area contributed by atoms with Gasteiger partial charge in [0.1, 0.15) is 5.25 Å². The molecule has 0 aliphatic heterocycles. The highest BCUT2D eigenvalue weighted by Crippen LogP contribution is 2.26. The number of hydrogen-bond acceptors (Lipinski definition) is 7. The lowest BCUT2D eigenvalue weighted by Gasteiger charge is -2.12. The Bertz CT molecular complexity index is 719. The molecule has 0 aliphatic rings. The van der Waals surface area contributed by atoms with E-state index >= 15 is 0 Å². The molecule has 128 valence electrons. The Hall–Kier alpha value is -2.42. The van der Waals surface area contributed by atoms with Crippen molar-refractivity contribution < 1.29 is 14.3 Å². The van der Waals surface area contributed by atoms with Gasteiger partial charge in [-0.2, -0.15) is 4.68 Å². The van der Waals surface area contributed by atoms with Gasteiger partial charge >= 0.3 is 5.97 Å². The minimum Gasteiger partial charge on any atom is -0.465 e. The number of thioether (sulfide) groups is 1. The molecule has 0 saturated carbocycles. The number of carbonyl (C=O) groups is 2. The molecule has 2 aromatic rings. The molecule has 2 rings (SSSR count). The molecule has 1 atom stereocenters. The predicted octanol–water partition coefficient (Wildman–Crippen LogP) is 2.05. The number of anilines is 1. The van der Waals surface area contributed by atoms with Crippen molar-refractivity contribution in [1.82, 2.24) is 20.2 Å². The lowest BCUT2D eigenvalue weighted by Crippen LogP contribution is -2.20. The summed E-state index contributed by atoms with van der Waals surface area (Å²) in [5.41, 5.74) is 1.33. The molecule has 1 heterocycles. The summed E-state index contributed by atoms with van der Waals surface area (Å²) >= 11 is 1.25. The number of rotatable bonds is 7. The molecule has 1 aromatic heterocycles. The third-order valence-corrected chi connectivity index (χ3v) is 4.30. The number of hydrogen-bond donors (Lipinski definition) is 1. The van der Waals surface area contributed by atoms with E-state index in [2.05, 4.69) is 20.8 Å². The third-order valence-electron chi connectivity index (χ3n) is 3.02. The second-order valence-corrected chi connectivity index (χ2v) is 6.04. The van der Waals surface area contributed by atoms with Crippen LogP contribution in [-0.2, 0) is 14.3 Å². The van der Waals surface area contributed by atoms with Crippen LogP contribution in [0.5, 0.6) is 0 Å². The van der Waals surface area contributed by atoms with Gasteiger partial charge in [-0.15, -0.1) is 5.10 Å². The van der Waals surface area contributed by atoms with Crippen LogP contribution in [0.2, 0.25) is 0 Å². The predicted molar refractivity (Wildman–Crippen MR) is 90.0 cm³/mol. The van der Waals surface area contributed by atoms with E-state index in [4.69, 9.17) is 4.74 Å². The van der Waals surface area contributed by atoms with Crippen molar-refractivity contribution in [3.05, 3.63) is 24.3 Å². The number of tetrazole rings is 1. The summed E-state index contributed by atoms with van der Waals surface area (Å²) in [6.45, 7) is 5.45. The zero-order valence-corrected chi connectivity index (χ0v) is 14.5. The van der Waals surface area contributed by atoms with Gasteiger partial charge in [0.15, 0.2) is 0 Å². The van der Waals surface area contributed by atoms with E-state index in [1.807, 2.05) is 13.0 Å². The number of carbonyl (C=O) groups excluding carboxylic acids is 2. The molecular weight excluding hydrogens is 330 g/mol. The summed E-state index contributed by atoms with van der Waals surface area (Å²) in [6, 6.07) is 7.14. The van der Waals surface area contributed by atoms with Gasteiger partial charge in [-0.3, -0.25) is 9.59 Å². The molecule has 24 heavy (non-hydrogen) atoms. The van der Waals surface area contributed by atoms with E-state index in [0.717, 1.165) is 0 Å². The first-order chi connectivity index (χ1) is 11.5. The molecule has 0 aliphatic carbocycles. The lowest BCUT2D eigenvalue weighted by molar-refractivity contribution is -0.142. The highest BCUT2D eigenvalue weighted by atomic mass is 32.2. The van der Waals surface area contributed by atoms with Gasteiger partial charge in [0, 0.05) is 12.6 Å². The van der Waals surface area contributed by atoms with E-state index in [1.54, 1.807) is 25.1 Å². The SMILES string of the molecule is CCOC(=O)C(CC)Sc1nnnn1-c1cccc(NC(C)=O)c1. The second-order valence-electron chi connectivity index (χ2n) is 4.87. The topological polar surface area (TPSA) is 99.0 Å². The Kier molecular flexibility index (Phi) is 6.30. The van der Waals surface area contributed by atoms with Crippen LogP contribution in [0, 0.1) is 0 Å². The highest BCUT2D eigenvalue weighted by molar-refractivity contribution is 8.00. The van der Waals surface area contributed by atoms with Gasteiger partial charge < -0.3 is 10.1 Å². The van der Waals surface area contributed by atoms with E-state index < -0.39 is 0 Å². The fourth-order valence-corrected chi connectivity index (χ4v) is 2.90. The van der Waals surface area contributed by atoms with E-state index in [1.165, 1.54) is 23.4 Å². The molecule has 8 nitrogen and oxygen atoms in total. The van der Waals surface area contributed by atoms with Crippen LogP contribution in [0.3, 0.4) is 0 Å². The Balaban J connectivity index is 2.23. The van der Waals surface area contributed by atoms with Crippen molar-refractivity contribution in [3.8, 4) is 5.69 Å². The molecule has 0 radical (unpaired) electrons. The first kappa shape index (κ1) is 17.9.